The summed E-state index contributed by atoms with van der Waals surface area (Å²) in [5.74, 6) is -1.74. The fourth-order valence-electron chi connectivity index (χ4n) is 2.26. The first-order chi connectivity index (χ1) is 11.0. The number of hydrogen-bond donors (Lipinski definition) is 0. The van der Waals surface area contributed by atoms with Crippen molar-refractivity contribution in [3.05, 3.63) is 65.5 Å². The van der Waals surface area contributed by atoms with Crippen molar-refractivity contribution in [1.29, 1.82) is 0 Å². The van der Waals surface area contributed by atoms with Gasteiger partial charge in [-0.05, 0) is 36.1 Å². The molecule has 1 atom stereocenters. The Kier molecular flexibility index (Phi) is 5.93. The molecule has 0 saturated heterocycles. The van der Waals surface area contributed by atoms with E-state index in [-0.39, 0.29) is 18.0 Å². The van der Waals surface area contributed by atoms with Gasteiger partial charge in [-0.15, -0.1) is 11.8 Å². The molecule has 5 heteroatoms. The molecule has 3 nitrogen and oxygen atoms in total. The highest BCUT2D eigenvalue weighted by atomic mass is 32.2. The molecule has 2 aromatic rings. The average Bonchev–Trinajstić information content (AvgIpc) is 2.60. The highest BCUT2D eigenvalue weighted by molar-refractivity contribution is 7.98. The molecule has 23 heavy (non-hydrogen) atoms. The van der Waals surface area contributed by atoms with E-state index in [0.717, 1.165) is 4.90 Å². The van der Waals surface area contributed by atoms with Crippen molar-refractivity contribution >= 4 is 23.5 Å². The first-order valence-corrected chi connectivity index (χ1v) is 8.28. The highest BCUT2D eigenvalue weighted by Crippen LogP contribution is 2.26. The Bertz CT molecular complexity index is 680. The van der Waals surface area contributed by atoms with E-state index in [2.05, 4.69) is 4.74 Å². The van der Waals surface area contributed by atoms with E-state index in [9.17, 15) is 14.0 Å². The molecule has 0 heterocycles. The number of thioether (sulfide) groups is 1. The molecule has 0 aliphatic heterocycles. The van der Waals surface area contributed by atoms with Crippen molar-refractivity contribution < 1.29 is 18.7 Å². The van der Waals surface area contributed by atoms with Gasteiger partial charge in [-0.3, -0.25) is 9.59 Å². The Morgan fingerprint density at radius 1 is 1.09 bits per heavy atom. The zero-order chi connectivity index (χ0) is 16.8. The maximum absolute atomic E-state index is 13.1. The summed E-state index contributed by atoms with van der Waals surface area (Å²) in [4.78, 5) is 25.5. The normalized spacial score (nSPS) is 11.8. The lowest BCUT2D eigenvalue weighted by atomic mass is 9.88. The Morgan fingerprint density at radius 2 is 1.70 bits per heavy atom. The maximum Gasteiger partial charge on any atom is 0.306 e. The highest BCUT2D eigenvalue weighted by Gasteiger charge is 2.25. The van der Waals surface area contributed by atoms with Crippen LogP contribution >= 0.6 is 11.8 Å². The molecule has 120 valence electrons. The topological polar surface area (TPSA) is 43.4 Å². The molecule has 0 amide bonds. The summed E-state index contributed by atoms with van der Waals surface area (Å²) < 4.78 is 17.8. The summed E-state index contributed by atoms with van der Waals surface area (Å²) in [5, 5.41) is 0. The molecule has 2 rings (SSSR count). The van der Waals surface area contributed by atoms with E-state index in [1.165, 1.54) is 31.4 Å². The van der Waals surface area contributed by atoms with Crippen LogP contribution in [0.5, 0.6) is 0 Å². The Hall–Kier alpha value is -2.14. The number of carbonyl (C=O) groups is 2. The molecule has 0 aliphatic carbocycles. The van der Waals surface area contributed by atoms with Gasteiger partial charge in [-0.25, -0.2) is 4.39 Å². The number of methoxy groups -OCH3 is 1. The third-order valence-corrected chi connectivity index (χ3v) is 4.31. The predicted molar refractivity (Wildman–Crippen MR) is 88.3 cm³/mol. The Morgan fingerprint density at radius 3 is 2.22 bits per heavy atom. The van der Waals surface area contributed by atoms with Crippen molar-refractivity contribution in [1.82, 2.24) is 0 Å². The molecule has 0 saturated carbocycles. The molecule has 0 aromatic heterocycles. The minimum absolute atomic E-state index is 0.0781. The van der Waals surface area contributed by atoms with Crippen LogP contribution in [-0.2, 0) is 9.53 Å². The predicted octanol–water partition coefficient (Wildman–Crippen LogP) is 4.08. The molecule has 0 spiro atoms. The van der Waals surface area contributed by atoms with Crippen LogP contribution in [0.3, 0.4) is 0 Å². The fraction of sp³-hybridized carbons (Fsp3) is 0.222. The summed E-state index contributed by atoms with van der Waals surface area (Å²) in [7, 11) is 1.28. The van der Waals surface area contributed by atoms with Crippen molar-refractivity contribution in [3.8, 4) is 0 Å². The van der Waals surface area contributed by atoms with Gasteiger partial charge in [0, 0.05) is 10.5 Å². The summed E-state index contributed by atoms with van der Waals surface area (Å²) >= 11 is 1.58. The van der Waals surface area contributed by atoms with Crippen molar-refractivity contribution in [2.45, 2.75) is 17.2 Å². The van der Waals surface area contributed by atoms with E-state index in [1.54, 1.807) is 23.9 Å². The number of ether oxygens (including phenoxy) is 1. The SMILES string of the molecule is COC(=O)CC(C(=O)c1ccc(SC)cc1)c1ccc(F)cc1. The van der Waals surface area contributed by atoms with Crippen LogP contribution in [0.2, 0.25) is 0 Å². The van der Waals surface area contributed by atoms with Crippen molar-refractivity contribution in [3.63, 3.8) is 0 Å². The number of ketones is 1. The zero-order valence-corrected chi connectivity index (χ0v) is 13.7. The first kappa shape index (κ1) is 17.2. The Balaban J connectivity index is 2.32. The van der Waals surface area contributed by atoms with Crippen LogP contribution in [0.25, 0.3) is 0 Å². The largest absolute Gasteiger partial charge is 0.469 e. The van der Waals surface area contributed by atoms with Crippen LogP contribution in [0.4, 0.5) is 4.39 Å². The third kappa shape index (κ3) is 4.42. The second-order valence-electron chi connectivity index (χ2n) is 4.98. The monoisotopic (exact) mass is 332 g/mol. The van der Waals surface area contributed by atoms with Crippen molar-refractivity contribution in [2.24, 2.45) is 0 Å². The summed E-state index contributed by atoms with van der Waals surface area (Å²) in [6.45, 7) is 0. The van der Waals surface area contributed by atoms with Gasteiger partial charge in [0.15, 0.2) is 5.78 Å². The maximum atomic E-state index is 13.1. The van der Waals surface area contributed by atoms with Crippen LogP contribution in [0.15, 0.2) is 53.4 Å². The fourth-order valence-corrected chi connectivity index (χ4v) is 2.67. The molecular formula is C18H17FO3S. The summed E-state index contributed by atoms with van der Waals surface area (Å²) in [6, 6.07) is 12.8. The van der Waals surface area contributed by atoms with Gasteiger partial charge in [0.05, 0.1) is 19.4 Å². The number of benzene rings is 2. The molecule has 2 aromatic carbocycles. The van der Waals surface area contributed by atoms with E-state index in [4.69, 9.17) is 0 Å². The zero-order valence-electron chi connectivity index (χ0n) is 12.9. The Labute approximate surface area is 138 Å². The number of halogens is 1. The van der Waals surface area contributed by atoms with E-state index in [0.29, 0.717) is 11.1 Å². The quantitative estimate of drug-likeness (QED) is 0.454. The molecular weight excluding hydrogens is 315 g/mol. The van der Waals surface area contributed by atoms with Crippen molar-refractivity contribution in [2.75, 3.05) is 13.4 Å². The number of carbonyl (C=O) groups excluding carboxylic acids is 2. The van der Waals surface area contributed by atoms with E-state index in [1.807, 2.05) is 18.4 Å². The van der Waals surface area contributed by atoms with Crippen LogP contribution in [-0.4, -0.2) is 25.1 Å². The molecule has 0 radical (unpaired) electrons. The lowest BCUT2D eigenvalue weighted by Crippen LogP contribution is -2.18. The molecule has 0 bridgehead atoms. The second kappa shape index (κ2) is 7.92. The number of rotatable bonds is 6. The molecule has 1 unspecified atom stereocenters. The van der Waals surface area contributed by atoms with Gasteiger partial charge < -0.3 is 4.74 Å². The van der Waals surface area contributed by atoms with Gasteiger partial charge >= 0.3 is 5.97 Å². The van der Waals surface area contributed by atoms with Gasteiger partial charge in [0.2, 0.25) is 0 Å². The molecule has 0 N–H and O–H groups in total. The number of esters is 1. The van der Waals surface area contributed by atoms with Gasteiger partial charge in [0.1, 0.15) is 5.82 Å². The third-order valence-electron chi connectivity index (χ3n) is 3.56. The minimum atomic E-state index is -0.692. The molecule has 0 fully saturated rings. The van der Waals surface area contributed by atoms with Crippen LogP contribution < -0.4 is 0 Å². The lowest BCUT2D eigenvalue weighted by molar-refractivity contribution is -0.140. The standard InChI is InChI=1S/C18H17FO3S/c1-22-17(20)11-16(12-3-7-14(19)8-4-12)18(21)13-5-9-15(23-2)10-6-13/h3-10,16H,11H2,1-2H3. The smallest absolute Gasteiger partial charge is 0.306 e. The second-order valence-corrected chi connectivity index (χ2v) is 5.86. The summed E-state index contributed by atoms with van der Waals surface area (Å²) in [6.07, 6.45) is 1.88. The average molecular weight is 332 g/mol. The minimum Gasteiger partial charge on any atom is -0.469 e. The number of hydrogen-bond acceptors (Lipinski definition) is 4. The van der Waals surface area contributed by atoms with E-state index >= 15 is 0 Å². The van der Waals surface area contributed by atoms with Gasteiger partial charge in [-0.2, -0.15) is 0 Å². The van der Waals surface area contributed by atoms with Gasteiger partial charge in [0.25, 0.3) is 0 Å². The molecule has 0 aliphatic rings. The van der Waals surface area contributed by atoms with Gasteiger partial charge in [-0.1, -0.05) is 24.3 Å². The number of Topliss-reactive ketones (excluding diaryl/α,β-unsaturated/α-hetero) is 1. The first-order valence-electron chi connectivity index (χ1n) is 7.05. The van der Waals surface area contributed by atoms with Crippen LogP contribution in [0, 0.1) is 5.82 Å². The van der Waals surface area contributed by atoms with E-state index < -0.39 is 11.9 Å². The van der Waals surface area contributed by atoms with Crippen LogP contribution in [0.1, 0.15) is 28.3 Å². The summed E-state index contributed by atoms with van der Waals surface area (Å²) in [5.41, 5.74) is 1.11. The lowest BCUT2D eigenvalue weighted by Gasteiger charge is -2.15.